The van der Waals surface area contributed by atoms with Gasteiger partial charge in [-0.05, 0) is 18.9 Å². The van der Waals surface area contributed by atoms with Gasteiger partial charge < -0.3 is 14.8 Å². The lowest BCUT2D eigenvalue weighted by Crippen LogP contribution is -2.16. The van der Waals surface area contributed by atoms with Crippen molar-refractivity contribution in [3.8, 4) is 11.5 Å². The summed E-state index contributed by atoms with van der Waals surface area (Å²) >= 11 is 3.55. The Morgan fingerprint density at radius 3 is 2.62 bits per heavy atom. The third-order valence-corrected chi connectivity index (χ3v) is 3.44. The van der Waals surface area contributed by atoms with Crippen LogP contribution in [0.3, 0.4) is 0 Å². The van der Waals surface area contributed by atoms with Gasteiger partial charge in [0.15, 0.2) is 0 Å². The van der Waals surface area contributed by atoms with Crippen LogP contribution in [0.15, 0.2) is 16.6 Å². The van der Waals surface area contributed by atoms with Crippen LogP contribution in [0, 0.1) is 0 Å². The van der Waals surface area contributed by atoms with Gasteiger partial charge in [0.05, 0.1) is 14.2 Å². The van der Waals surface area contributed by atoms with Crippen molar-refractivity contribution in [3.63, 3.8) is 0 Å². The number of benzene rings is 1. The van der Waals surface area contributed by atoms with Crippen LogP contribution in [0.1, 0.15) is 18.4 Å². The molecular formula is C12H16BrNO2. The molecule has 0 amide bonds. The summed E-state index contributed by atoms with van der Waals surface area (Å²) in [5, 5.41) is 3.48. The van der Waals surface area contributed by atoms with Gasteiger partial charge in [0.2, 0.25) is 0 Å². The molecule has 1 aromatic rings. The molecule has 0 radical (unpaired) electrons. The Bertz CT molecular complexity index is 378. The summed E-state index contributed by atoms with van der Waals surface area (Å²) < 4.78 is 11.6. The molecule has 1 aliphatic carbocycles. The van der Waals surface area contributed by atoms with E-state index in [1.165, 1.54) is 12.8 Å². The van der Waals surface area contributed by atoms with E-state index in [2.05, 4.69) is 21.2 Å². The van der Waals surface area contributed by atoms with E-state index in [1.807, 2.05) is 12.1 Å². The number of hydrogen-bond donors (Lipinski definition) is 1. The Labute approximate surface area is 104 Å². The molecule has 4 heteroatoms. The van der Waals surface area contributed by atoms with Crippen LogP contribution in [0.4, 0.5) is 0 Å². The predicted octanol–water partition coefficient (Wildman–Crippen LogP) is 2.72. The van der Waals surface area contributed by atoms with Gasteiger partial charge in [-0.2, -0.15) is 0 Å². The van der Waals surface area contributed by atoms with E-state index < -0.39 is 0 Å². The lowest BCUT2D eigenvalue weighted by Gasteiger charge is -2.13. The molecular weight excluding hydrogens is 270 g/mol. The molecule has 0 aromatic heterocycles. The Morgan fingerprint density at radius 2 is 2.06 bits per heavy atom. The maximum Gasteiger partial charge on any atom is 0.128 e. The van der Waals surface area contributed by atoms with Crippen LogP contribution in [-0.2, 0) is 6.54 Å². The third-order valence-electron chi connectivity index (χ3n) is 2.73. The van der Waals surface area contributed by atoms with Gasteiger partial charge in [0.25, 0.3) is 0 Å². The molecule has 0 heterocycles. The zero-order valence-electron chi connectivity index (χ0n) is 9.55. The average molecular weight is 286 g/mol. The zero-order valence-corrected chi connectivity index (χ0v) is 11.1. The predicted molar refractivity (Wildman–Crippen MR) is 67.1 cm³/mol. The summed E-state index contributed by atoms with van der Waals surface area (Å²) in [4.78, 5) is 0. The highest BCUT2D eigenvalue weighted by Crippen LogP contribution is 2.33. The van der Waals surface area contributed by atoms with Crippen LogP contribution in [0.25, 0.3) is 0 Å². The van der Waals surface area contributed by atoms with Crippen molar-refractivity contribution in [2.45, 2.75) is 25.4 Å². The van der Waals surface area contributed by atoms with Crippen molar-refractivity contribution in [3.05, 3.63) is 22.2 Å². The first-order valence-corrected chi connectivity index (χ1v) is 6.17. The molecule has 0 saturated heterocycles. The van der Waals surface area contributed by atoms with Crippen molar-refractivity contribution >= 4 is 15.9 Å². The van der Waals surface area contributed by atoms with Gasteiger partial charge in [0.1, 0.15) is 11.5 Å². The van der Waals surface area contributed by atoms with Crippen molar-refractivity contribution in [1.29, 1.82) is 0 Å². The summed E-state index contributed by atoms with van der Waals surface area (Å²) in [5.74, 6) is 1.67. The van der Waals surface area contributed by atoms with Gasteiger partial charge in [-0.1, -0.05) is 15.9 Å². The van der Waals surface area contributed by atoms with Crippen molar-refractivity contribution in [2.24, 2.45) is 0 Å². The standard InChI is InChI=1S/C12H16BrNO2/c1-15-9-5-11(13)10(12(6-9)16-2)7-14-8-3-4-8/h5-6,8,14H,3-4,7H2,1-2H3. The van der Waals surface area contributed by atoms with Gasteiger partial charge >= 0.3 is 0 Å². The highest BCUT2D eigenvalue weighted by atomic mass is 79.9. The van der Waals surface area contributed by atoms with E-state index >= 15 is 0 Å². The second-order valence-electron chi connectivity index (χ2n) is 3.95. The topological polar surface area (TPSA) is 30.5 Å². The SMILES string of the molecule is COc1cc(Br)c(CNC2CC2)c(OC)c1. The van der Waals surface area contributed by atoms with Gasteiger partial charge in [-0.3, -0.25) is 0 Å². The number of methoxy groups -OCH3 is 2. The van der Waals surface area contributed by atoms with Gasteiger partial charge in [-0.25, -0.2) is 0 Å². The molecule has 0 unspecified atom stereocenters. The Hall–Kier alpha value is -0.740. The molecule has 1 saturated carbocycles. The molecule has 0 bridgehead atoms. The van der Waals surface area contributed by atoms with E-state index in [-0.39, 0.29) is 0 Å². The van der Waals surface area contributed by atoms with E-state index in [0.29, 0.717) is 6.04 Å². The van der Waals surface area contributed by atoms with Crippen molar-refractivity contribution in [1.82, 2.24) is 5.32 Å². The second kappa shape index (κ2) is 5.06. The fourth-order valence-corrected chi connectivity index (χ4v) is 2.15. The largest absolute Gasteiger partial charge is 0.497 e. The summed E-state index contributed by atoms with van der Waals surface area (Å²) in [5.41, 5.74) is 1.15. The maximum absolute atomic E-state index is 5.37. The summed E-state index contributed by atoms with van der Waals surface area (Å²) in [6, 6.07) is 4.57. The Morgan fingerprint density at radius 1 is 1.31 bits per heavy atom. The molecule has 0 atom stereocenters. The first-order chi connectivity index (χ1) is 7.74. The van der Waals surface area contributed by atoms with Crippen LogP contribution in [0.5, 0.6) is 11.5 Å². The number of nitrogens with one attached hydrogen (secondary N) is 1. The molecule has 0 spiro atoms. The van der Waals surface area contributed by atoms with Crippen LogP contribution >= 0.6 is 15.9 Å². The number of rotatable bonds is 5. The normalized spacial score (nSPS) is 14.9. The second-order valence-corrected chi connectivity index (χ2v) is 4.80. The lowest BCUT2D eigenvalue weighted by molar-refractivity contribution is 0.389. The minimum absolute atomic E-state index is 0.693. The lowest BCUT2D eigenvalue weighted by atomic mass is 10.2. The summed E-state index contributed by atoms with van der Waals surface area (Å²) in [6.07, 6.45) is 2.58. The Balaban J connectivity index is 2.18. The zero-order chi connectivity index (χ0) is 11.5. The fraction of sp³-hybridized carbons (Fsp3) is 0.500. The van der Waals surface area contributed by atoms with Crippen molar-refractivity contribution < 1.29 is 9.47 Å². The molecule has 1 fully saturated rings. The number of halogens is 1. The first-order valence-electron chi connectivity index (χ1n) is 5.38. The minimum atomic E-state index is 0.693. The van der Waals surface area contributed by atoms with Gasteiger partial charge in [-0.15, -0.1) is 0 Å². The van der Waals surface area contributed by atoms with Gasteiger partial charge in [0, 0.05) is 28.7 Å². The van der Waals surface area contributed by atoms with E-state index in [1.54, 1.807) is 14.2 Å². The molecule has 1 aromatic carbocycles. The van der Waals surface area contributed by atoms with E-state index in [4.69, 9.17) is 9.47 Å². The molecule has 0 aliphatic heterocycles. The molecule has 16 heavy (non-hydrogen) atoms. The smallest absolute Gasteiger partial charge is 0.128 e. The molecule has 3 nitrogen and oxygen atoms in total. The van der Waals surface area contributed by atoms with E-state index in [0.717, 1.165) is 28.1 Å². The third kappa shape index (κ3) is 2.68. The molecule has 88 valence electrons. The Kier molecular flexibility index (Phi) is 3.71. The highest BCUT2D eigenvalue weighted by molar-refractivity contribution is 9.10. The molecule has 1 N–H and O–H groups in total. The number of hydrogen-bond acceptors (Lipinski definition) is 3. The molecule has 1 aliphatic rings. The highest BCUT2D eigenvalue weighted by Gasteiger charge is 2.21. The van der Waals surface area contributed by atoms with Crippen LogP contribution in [0.2, 0.25) is 0 Å². The quantitative estimate of drug-likeness (QED) is 0.902. The monoisotopic (exact) mass is 285 g/mol. The first kappa shape index (κ1) is 11.7. The molecule has 2 rings (SSSR count). The van der Waals surface area contributed by atoms with E-state index in [9.17, 15) is 0 Å². The summed E-state index contributed by atoms with van der Waals surface area (Å²) in [7, 11) is 3.34. The minimum Gasteiger partial charge on any atom is -0.497 e. The van der Waals surface area contributed by atoms with Crippen LogP contribution < -0.4 is 14.8 Å². The average Bonchev–Trinajstić information content (AvgIpc) is 3.10. The number of ether oxygens (including phenoxy) is 2. The fourth-order valence-electron chi connectivity index (χ4n) is 1.59. The summed E-state index contributed by atoms with van der Waals surface area (Å²) in [6.45, 7) is 0.832. The van der Waals surface area contributed by atoms with Crippen molar-refractivity contribution in [2.75, 3.05) is 14.2 Å². The van der Waals surface area contributed by atoms with Crippen LogP contribution in [-0.4, -0.2) is 20.3 Å². The maximum atomic E-state index is 5.37.